The highest BCUT2D eigenvalue weighted by Gasteiger charge is 2.32. The maximum atomic E-state index is 13.3. The lowest BCUT2D eigenvalue weighted by atomic mass is 10.1. The van der Waals surface area contributed by atoms with Gasteiger partial charge in [0.2, 0.25) is 5.91 Å². The number of halogens is 1. The highest BCUT2D eigenvalue weighted by molar-refractivity contribution is 6.07. The van der Waals surface area contributed by atoms with Crippen LogP contribution >= 0.6 is 0 Å². The smallest absolute Gasteiger partial charge is 0.326 e. The molecule has 1 saturated carbocycles. The van der Waals surface area contributed by atoms with Crippen LogP contribution in [-0.2, 0) is 14.3 Å². The number of rotatable bonds is 3. The van der Waals surface area contributed by atoms with Crippen LogP contribution in [0, 0.1) is 5.82 Å². The predicted molar refractivity (Wildman–Crippen MR) is 80.2 cm³/mol. The van der Waals surface area contributed by atoms with E-state index in [-0.39, 0.29) is 24.4 Å². The highest BCUT2D eigenvalue weighted by atomic mass is 19.1. The predicted octanol–water partition coefficient (Wildman–Crippen LogP) is 2.46. The third kappa shape index (κ3) is 2.91. The Balaban J connectivity index is 1.76. The lowest BCUT2D eigenvalue weighted by Crippen LogP contribution is -2.48. The van der Waals surface area contributed by atoms with Crippen molar-refractivity contribution in [2.24, 2.45) is 0 Å². The molecule has 0 spiro atoms. The number of benzene rings is 1. The summed E-state index contributed by atoms with van der Waals surface area (Å²) in [5, 5.41) is 2.94. The third-order valence-corrected chi connectivity index (χ3v) is 4.15. The number of carbonyl (C=O) groups excluding carboxylic acids is 2. The molecular weight excluding hydrogens is 287 g/mol. The van der Waals surface area contributed by atoms with Crippen molar-refractivity contribution >= 4 is 23.3 Å². The minimum Gasteiger partial charge on any atom is -0.461 e. The van der Waals surface area contributed by atoms with Crippen LogP contribution in [0.25, 0.3) is 0 Å². The molecule has 1 aromatic rings. The lowest BCUT2D eigenvalue weighted by molar-refractivity contribution is -0.147. The summed E-state index contributed by atoms with van der Waals surface area (Å²) in [5.41, 5.74) is 1.02. The minimum atomic E-state index is -0.506. The fourth-order valence-corrected chi connectivity index (χ4v) is 3.03. The van der Waals surface area contributed by atoms with Gasteiger partial charge in [-0.15, -0.1) is 0 Å². The van der Waals surface area contributed by atoms with Gasteiger partial charge in [-0.25, -0.2) is 4.39 Å². The van der Waals surface area contributed by atoms with Crippen LogP contribution in [0.5, 0.6) is 0 Å². The molecule has 118 valence electrons. The molecule has 5 nitrogen and oxygen atoms in total. The first-order valence-electron chi connectivity index (χ1n) is 7.61. The number of nitrogens with zero attached hydrogens (tertiary/aromatic N) is 1. The van der Waals surface area contributed by atoms with Gasteiger partial charge in [-0.1, -0.05) is 0 Å². The molecule has 1 fully saturated rings. The summed E-state index contributed by atoms with van der Waals surface area (Å²) < 4.78 is 18.8. The quantitative estimate of drug-likeness (QED) is 0.872. The zero-order valence-corrected chi connectivity index (χ0v) is 12.5. The first-order valence-corrected chi connectivity index (χ1v) is 7.61. The van der Waals surface area contributed by atoms with Crippen LogP contribution in [0.3, 0.4) is 0 Å². The average molecular weight is 306 g/mol. The van der Waals surface area contributed by atoms with Crippen molar-refractivity contribution < 1.29 is 18.7 Å². The van der Waals surface area contributed by atoms with Gasteiger partial charge in [0.1, 0.15) is 24.5 Å². The second-order valence-electron chi connectivity index (χ2n) is 5.85. The molecular formula is C16H19FN2O3. The molecule has 1 heterocycles. The molecule has 1 amide bonds. The Hall–Kier alpha value is -2.11. The molecule has 3 rings (SSSR count). The molecule has 1 aliphatic carbocycles. The Morgan fingerprint density at radius 2 is 2.14 bits per heavy atom. The number of ether oxygens (including phenoxy) is 1. The summed E-state index contributed by atoms with van der Waals surface area (Å²) in [4.78, 5) is 25.8. The number of esters is 1. The Labute approximate surface area is 128 Å². The summed E-state index contributed by atoms with van der Waals surface area (Å²) in [6, 6.07) is 3.60. The van der Waals surface area contributed by atoms with E-state index < -0.39 is 12.0 Å². The second kappa shape index (κ2) is 5.94. The lowest BCUT2D eigenvalue weighted by Gasteiger charge is -2.33. The molecule has 1 atom stereocenters. The Bertz CT molecular complexity index is 599. The molecule has 6 heteroatoms. The van der Waals surface area contributed by atoms with Crippen molar-refractivity contribution in [1.82, 2.24) is 0 Å². The van der Waals surface area contributed by atoms with Gasteiger partial charge in [0.05, 0.1) is 11.4 Å². The standard InChI is InChI=1S/C16H19FN2O3/c1-10-16(21)19(9-15(20)22-12-4-2-3-5-12)14-7-6-11(17)8-13(14)18-10/h6-8,10,12,18H,2-5,9H2,1H3. The van der Waals surface area contributed by atoms with E-state index in [0.717, 1.165) is 25.7 Å². The summed E-state index contributed by atoms with van der Waals surface area (Å²) in [6.07, 6.45) is 3.89. The Morgan fingerprint density at radius 3 is 2.86 bits per heavy atom. The van der Waals surface area contributed by atoms with E-state index in [9.17, 15) is 14.0 Å². The van der Waals surface area contributed by atoms with Gasteiger partial charge >= 0.3 is 5.97 Å². The van der Waals surface area contributed by atoms with Gasteiger partial charge in [0.15, 0.2) is 0 Å². The molecule has 0 aromatic heterocycles. The van der Waals surface area contributed by atoms with Gasteiger partial charge < -0.3 is 10.1 Å². The van der Waals surface area contributed by atoms with Crippen molar-refractivity contribution in [1.29, 1.82) is 0 Å². The normalized spacial score (nSPS) is 21.5. The van der Waals surface area contributed by atoms with Crippen LogP contribution in [0.2, 0.25) is 0 Å². The van der Waals surface area contributed by atoms with E-state index in [1.54, 1.807) is 6.92 Å². The minimum absolute atomic E-state index is 0.0318. The molecule has 0 bridgehead atoms. The first-order chi connectivity index (χ1) is 10.5. The molecule has 1 N–H and O–H groups in total. The van der Waals surface area contributed by atoms with Crippen molar-refractivity contribution in [2.45, 2.75) is 44.8 Å². The number of fused-ring (bicyclic) bond motifs is 1. The molecule has 1 aliphatic heterocycles. The van der Waals surface area contributed by atoms with E-state index in [4.69, 9.17) is 4.74 Å². The van der Waals surface area contributed by atoms with Crippen LogP contribution in [-0.4, -0.2) is 30.6 Å². The number of amides is 1. The summed E-state index contributed by atoms with van der Waals surface area (Å²) in [6.45, 7) is 1.55. The topological polar surface area (TPSA) is 58.6 Å². The van der Waals surface area contributed by atoms with Crippen LogP contribution in [0.15, 0.2) is 18.2 Å². The van der Waals surface area contributed by atoms with Crippen molar-refractivity contribution in [2.75, 3.05) is 16.8 Å². The second-order valence-corrected chi connectivity index (χ2v) is 5.85. The average Bonchev–Trinajstić information content (AvgIpc) is 2.96. The van der Waals surface area contributed by atoms with E-state index in [1.165, 1.54) is 23.1 Å². The van der Waals surface area contributed by atoms with Gasteiger partial charge in [0.25, 0.3) is 0 Å². The van der Waals surface area contributed by atoms with Crippen molar-refractivity contribution in [3.8, 4) is 0 Å². The molecule has 2 aliphatic rings. The molecule has 0 radical (unpaired) electrons. The van der Waals surface area contributed by atoms with E-state index in [2.05, 4.69) is 5.32 Å². The van der Waals surface area contributed by atoms with Crippen molar-refractivity contribution in [3.05, 3.63) is 24.0 Å². The van der Waals surface area contributed by atoms with Crippen LogP contribution in [0.4, 0.5) is 15.8 Å². The van der Waals surface area contributed by atoms with Crippen molar-refractivity contribution in [3.63, 3.8) is 0 Å². The molecule has 1 aromatic carbocycles. The monoisotopic (exact) mass is 306 g/mol. The van der Waals surface area contributed by atoms with Gasteiger partial charge in [-0.2, -0.15) is 0 Å². The van der Waals surface area contributed by atoms with E-state index >= 15 is 0 Å². The first kappa shape index (κ1) is 14.8. The largest absolute Gasteiger partial charge is 0.461 e. The third-order valence-electron chi connectivity index (χ3n) is 4.15. The zero-order valence-electron chi connectivity index (χ0n) is 12.5. The van der Waals surface area contributed by atoms with Crippen LogP contribution < -0.4 is 10.2 Å². The molecule has 0 saturated heterocycles. The van der Waals surface area contributed by atoms with Crippen LogP contribution in [0.1, 0.15) is 32.6 Å². The highest BCUT2D eigenvalue weighted by Crippen LogP contribution is 2.32. The number of hydrogen-bond acceptors (Lipinski definition) is 4. The SMILES string of the molecule is CC1Nc2cc(F)ccc2N(CC(=O)OC2CCCC2)C1=O. The summed E-state index contributed by atoms with van der Waals surface area (Å²) in [7, 11) is 0. The molecule has 22 heavy (non-hydrogen) atoms. The van der Waals surface area contributed by atoms with E-state index in [1.807, 2.05) is 0 Å². The zero-order chi connectivity index (χ0) is 15.7. The maximum Gasteiger partial charge on any atom is 0.326 e. The number of carbonyl (C=O) groups is 2. The summed E-state index contributed by atoms with van der Waals surface area (Å²) in [5.74, 6) is -1.02. The van der Waals surface area contributed by atoms with Gasteiger partial charge in [0, 0.05) is 0 Å². The number of nitrogens with one attached hydrogen (secondary N) is 1. The Kier molecular flexibility index (Phi) is 4.00. The fraction of sp³-hybridized carbons (Fsp3) is 0.500. The maximum absolute atomic E-state index is 13.3. The fourth-order valence-electron chi connectivity index (χ4n) is 3.03. The van der Waals surface area contributed by atoms with Gasteiger partial charge in [-0.05, 0) is 50.8 Å². The molecule has 1 unspecified atom stereocenters. The van der Waals surface area contributed by atoms with E-state index in [0.29, 0.717) is 11.4 Å². The number of hydrogen-bond donors (Lipinski definition) is 1. The number of anilines is 2. The Morgan fingerprint density at radius 1 is 1.41 bits per heavy atom. The van der Waals surface area contributed by atoms with Gasteiger partial charge in [-0.3, -0.25) is 14.5 Å². The summed E-state index contributed by atoms with van der Waals surface area (Å²) >= 11 is 0.